The average molecular weight is 519 g/mol. The van der Waals surface area contributed by atoms with Gasteiger partial charge in [0.1, 0.15) is 12.1 Å². The van der Waals surface area contributed by atoms with E-state index in [1.807, 2.05) is 51.3 Å². The number of fused-ring (bicyclic) bond motifs is 3. The fourth-order valence-electron chi connectivity index (χ4n) is 4.05. The standard InChI is InChI=1S/C23H27BrN4O3S/c1-14-13-32-21(25-14)26-19(29)12-28-17-9-11-27(22(30)31-23(2,3)4)10-8-15(17)20-16(24)6-5-7-18(20)28/h5-7,13H,8-12H2,1-4H3,(H,25,26,29). The molecule has 0 spiro atoms. The Morgan fingerprint density at radius 1 is 1.25 bits per heavy atom. The van der Waals surface area contributed by atoms with Gasteiger partial charge >= 0.3 is 6.09 Å². The summed E-state index contributed by atoms with van der Waals surface area (Å²) < 4.78 is 8.65. The maximum atomic E-state index is 12.9. The van der Waals surface area contributed by atoms with E-state index in [9.17, 15) is 9.59 Å². The molecule has 1 aliphatic rings. The van der Waals surface area contributed by atoms with Crippen LogP contribution in [-0.2, 0) is 28.9 Å². The Kier molecular flexibility index (Phi) is 6.31. The van der Waals surface area contributed by atoms with Crippen LogP contribution in [-0.4, -0.2) is 45.1 Å². The molecule has 2 aromatic heterocycles. The SMILES string of the molecule is Cc1csc(NC(=O)Cn2c3c(c4c(Br)cccc42)CCN(C(=O)OC(C)(C)C)CC3)n1. The first-order chi connectivity index (χ1) is 15.1. The van der Waals surface area contributed by atoms with Crippen LogP contribution in [0, 0.1) is 6.92 Å². The van der Waals surface area contributed by atoms with Crippen LogP contribution in [0.5, 0.6) is 0 Å². The highest BCUT2D eigenvalue weighted by molar-refractivity contribution is 9.10. The molecule has 3 heterocycles. The molecule has 170 valence electrons. The molecule has 1 aliphatic heterocycles. The predicted octanol–water partition coefficient (Wildman–Crippen LogP) is 5.14. The summed E-state index contributed by atoms with van der Waals surface area (Å²) in [5.41, 5.74) is 3.63. The van der Waals surface area contributed by atoms with Crippen molar-refractivity contribution in [3.8, 4) is 0 Å². The van der Waals surface area contributed by atoms with Crippen molar-refractivity contribution in [2.24, 2.45) is 0 Å². The molecule has 4 rings (SSSR count). The zero-order valence-electron chi connectivity index (χ0n) is 18.7. The van der Waals surface area contributed by atoms with Gasteiger partial charge in [-0.2, -0.15) is 0 Å². The molecule has 0 bridgehead atoms. The number of nitrogens with zero attached hydrogens (tertiary/aromatic N) is 3. The first-order valence-electron chi connectivity index (χ1n) is 10.6. The summed E-state index contributed by atoms with van der Waals surface area (Å²) in [7, 11) is 0. The lowest BCUT2D eigenvalue weighted by atomic mass is 10.1. The second-order valence-electron chi connectivity index (χ2n) is 8.95. The number of carbonyl (C=O) groups excluding carboxylic acids is 2. The molecule has 0 saturated carbocycles. The van der Waals surface area contributed by atoms with Gasteiger partial charge in [0.15, 0.2) is 5.13 Å². The maximum Gasteiger partial charge on any atom is 0.410 e. The van der Waals surface area contributed by atoms with Crippen molar-refractivity contribution in [2.45, 2.75) is 52.7 Å². The largest absolute Gasteiger partial charge is 0.444 e. The Morgan fingerprint density at radius 2 is 2.00 bits per heavy atom. The summed E-state index contributed by atoms with van der Waals surface area (Å²) in [6.45, 7) is 8.83. The average Bonchev–Trinajstić information content (AvgIpc) is 3.13. The molecule has 7 nitrogen and oxygen atoms in total. The van der Waals surface area contributed by atoms with Crippen LogP contribution in [0.15, 0.2) is 28.1 Å². The van der Waals surface area contributed by atoms with E-state index in [1.165, 1.54) is 16.9 Å². The van der Waals surface area contributed by atoms with Crippen molar-refractivity contribution in [1.82, 2.24) is 14.5 Å². The molecule has 0 unspecified atom stereocenters. The second-order valence-corrected chi connectivity index (χ2v) is 10.7. The van der Waals surface area contributed by atoms with Crippen LogP contribution in [0.2, 0.25) is 0 Å². The fraction of sp³-hybridized carbons (Fsp3) is 0.435. The lowest BCUT2D eigenvalue weighted by Gasteiger charge is -2.26. The van der Waals surface area contributed by atoms with Crippen LogP contribution < -0.4 is 5.32 Å². The first-order valence-corrected chi connectivity index (χ1v) is 12.3. The van der Waals surface area contributed by atoms with Crippen molar-refractivity contribution in [2.75, 3.05) is 18.4 Å². The summed E-state index contributed by atoms with van der Waals surface area (Å²) >= 11 is 5.11. The van der Waals surface area contributed by atoms with Gasteiger partial charge in [-0.1, -0.05) is 22.0 Å². The van der Waals surface area contributed by atoms with Gasteiger partial charge in [-0.25, -0.2) is 9.78 Å². The number of rotatable bonds is 3. The van der Waals surface area contributed by atoms with E-state index in [4.69, 9.17) is 4.74 Å². The third-order valence-corrected chi connectivity index (χ3v) is 6.86. The Hall–Kier alpha value is -2.39. The minimum absolute atomic E-state index is 0.118. The van der Waals surface area contributed by atoms with Gasteiger partial charge in [0.2, 0.25) is 5.91 Å². The molecule has 32 heavy (non-hydrogen) atoms. The van der Waals surface area contributed by atoms with Crippen LogP contribution in [0.4, 0.5) is 9.93 Å². The molecule has 0 radical (unpaired) electrons. The van der Waals surface area contributed by atoms with Crippen LogP contribution in [0.3, 0.4) is 0 Å². The molecule has 0 saturated heterocycles. The van der Waals surface area contributed by atoms with Gasteiger partial charge in [0, 0.05) is 40.4 Å². The number of thiazole rings is 1. The quantitative estimate of drug-likeness (QED) is 0.520. The molecule has 2 amide bonds. The van der Waals surface area contributed by atoms with E-state index in [-0.39, 0.29) is 18.5 Å². The second kappa shape index (κ2) is 8.86. The van der Waals surface area contributed by atoms with Crippen molar-refractivity contribution in [3.63, 3.8) is 0 Å². The highest BCUT2D eigenvalue weighted by Gasteiger charge is 2.28. The van der Waals surface area contributed by atoms with Crippen LogP contribution >= 0.6 is 27.3 Å². The van der Waals surface area contributed by atoms with E-state index < -0.39 is 5.60 Å². The number of carbonyl (C=O) groups is 2. The lowest BCUT2D eigenvalue weighted by molar-refractivity contribution is -0.116. The smallest absolute Gasteiger partial charge is 0.410 e. The summed E-state index contributed by atoms with van der Waals surface area (Å²) in [5.74, 6) is -0.118. The third kappa shape index (κ3) is 4.83. The molecule has 0 fully saturated rings. The lowest BCUT2D eigenvalue weighted by Crippen LogP contribution is -2.38. The number of anilines is 1. The zero-order chi connectivity index (χ0) is 23.0. The Balaban J connectivity index is 1.63. The molecule has 9 heteroatoms. The predicted molar refractivity (Wildman–Crippen MR) is 130 cm³/mol. The van der Waals surface area contributed by atoms with Gasteiger partial charge < -0.3 is 19.5 Å². The minimum atomic E-state index is -0.534. The number of hydrogen-bond acceptors (Lipinski definition) is 5. The van der Waals surface area contributed by atoms with Gasteiger partial charge in [0.05, 0.1) is 11.2 Å². The molecule has 1 aromatic carbocycles. The number of benzene rings is 1. The van der Waals surface area contributed by atoms with Crippen molar-refractivity contribution >= 4 is 55.3 Å². The molecule has 0 aliphatic carbocycles. The summed E-state index contributed by atoms with van der Waals surface area (Å²) in [6, 6.07) is 6.04. The first kappa shape index (κ1) is 22.8. The van der Waals surface area contributed by atoms with E-state index >= 15 is 0 Å². The molecular formula is C23H27BrN4O3S. The monoisotopic (exact) mass is 518 g/mol. The van der Waals surface area contributed by atoms with Gasteiger partial charge in [-0.15, -0.1) is 11.3 Å². The van der Waals surface area contributed by atoms with E-state index in [0.29, 0.717) is 31.1 Å². The van der Waals surface area contributed by atoms with Gasteiger partial charge in [-0.3, -0.25) is 4.79 Å². The number of aromatic nitrogens is 2. The molecule has 0 atom stereocenters. The Morgan fingerprint density at radius 3 is 2.69 bits per heavy atom. The van der Waals surface area contributed by atoms with Crippen molar-refractivity contribution < 1.29 is 14.3 Å². The highest BCUT2D eigenvalue weighted by atomic mass is 79.9. The number of halogens is 1. The summed E-state index contributed by atoms with van der Waals surface area (Å²) in [4.78, 5) is 31.6. The van der Waals surface area contributed by atoms with Crippen molar-refractivity contribution in [3.05, 3.63) is 45.0 Å². The van der Waals surface area contributed by atoms with Gasteiger partial charge in [-0.05, 0) is 51.8 Å². The van der Waals surface area contributed by atoms with Crippen LogP contribution in [0.25, 0.3) is 10.9 Å². The fourth-order valence-corrected chi connectivity index (χ4v) is 5.35. The summed E-state index contributed by atoms with van der Waals surface area (Å²) in [6.07, 6.45) is 1.06. The highest BCUT2D eigenvalue weighted by Crippen LogP contribution is 2.34. The number of amides is 2. The van der Waals surface area contributed by atoms with E-state index in [1.54, 1.807) is 4.90 Å². The zero-order valence-corrected chi connectivity index (χ0v) is 21.1. The minimum Gasteiger partial charge on any atom is -0.444 e. The number of hydrogen-bond donors (Lipinski definition) is 1. The van der Waals surface area contributed by atoms with Crippen LogP contribution in [0.1, 0.15) is 37.7 Å². The normalized spacial score (nSPS) is 14.2. The van der Waals surface area contributed by atoms with Gasteiger partial charge in [0.25, 0.3) is 0 Å². The van der Waals surface area contributed by atoms with E-state index in [0.717, 1.165) is 26.8 Å². The van der Waals surface area contributed by atoms with E-state index in [2.05, 4.69) is 30.8 Å². The Labute approximate surface area is 199 Å². The molecule has 1 N–H and O–H groups in total. The maximum absolute atomic E-state index is 12.9. The number of nitrogens with one attached hydrogen (secondary N) is 1. The van der Waals surface area contributed by atoms with Crippen molar-refractivity contribution in [1.29, 1.82) is 0 Å². The summed E-state index contributed by atoms with van der Waals surface area (Å²) in [5, 5.41) is 6.53. The topological polar surface area (TPSA) is 76.5 Å². The molecule has 3 aromatic rings. The number of ether oxygens (including phenoxy) is 1. The Bertz CT molecular complexity index is 1180. The number of aryl methyl sites for hydroxylation is 1. The third-order valence-electron chi connectivity index (χ3n) is 5.33. The molecular weight excluding hydrogens is 492 g/mol.